The van der Waals surface area contributed by atoms with Crippen LogP contribution in [-0.2, 0) is 0 Å². The zero-order valence-corrected chi connectivity index (χ0v) is 11.5. The van der Waals surface area contributed by atoms with Gasteiger partial charge in [-0.2, -0.15) is 0 Å². The molecule has 2 aliphatic rings. The quantitative estimate of drug-likeness (QED) is 0.881. The van der Waals surface area contributed by atoms with E-state index in [1.165, 1.54) is 6.42 Å². The number of thiazole rings is 1. The molecule has 1 amide bonds. The molecule has 1 saturated carbocycles. The van der Waals surface area contributed by atoms with Gasteiger partial charge < -0.3 is 10.6 Å². The predicted octanol–water partition coefficient (Wildman–Crippen LogP) is 1.04. The van der Waals surface area contributed by atoms with Gasteiger partial charge in [0.25, 0.3) is 5.91 Å². The van der Waals surface area contributed by atoms with Crippen LogP contribution >= 0.6 is 11.3 Å². The summed E-state index contributed by atoms with van der Waals surface area (Å²) in [5, 5.41) is 8.47. The maximum Gasteiger partial charge on any atom is 0.270 e. The zero-order valence-electron chi connectivity index (χ0n) is 10.7. The Morgan fingerprint density at radius 3 is 3.32 bits per heavy atom. The first kappa shape index (κ1) is 11.4. The molecule has 3 heterocycles. The number of carbonyl (C=O) groups excluding carboxylic acids is 1. The fourth-order valence-corrected chi connectivity index (χ4v) is 3.89. The molecule has 3 atom stereocenters. The van der Waals surface area contributed by atoms with E-state index < -0.39 is 0 Å². The van der Waals surface area contributed by atoms with Crippen LogP contribution in [0.3, 0.4) is 0 Å². The highest BCUT2D eigenvalue weighted by Gasteiger charge is 2.47. The molecule has 0 aromatic carbocycles. The minimum atomic E-state index is -0.0192. The Morgan fingerprint density at radius 2 is 2.58 bits per heavy atom. The smallest absolute Gasteiger partial charge is 0.270 e. The summed E-state index contributed by atoms with van der Waals surface area (Å²) in [4.78, 5) is 17.6. The first-order valence-electron chi connectivity index (χ1n) is 6.68. The largest absolute Gasteiger partial charge is 0.349 e. The number of amides is 1. The lowest BCUT2D eigenvalue weighted by atomic mass is 10.2. The summed E-state index contributed by atoms with van der Waals surface area (Å²) in [6, 6.07) is 0.458. The first-order valence-corrected chi connectivity index (χ1v) is 7.56. The van der Waals surface area contributed by atoms with Gasteiger partial charge in [0.1, 0.15) is 5.69 Å². The highest BCUT2D eigenvalue weighted by molar-refractivity contribution is 7.15. The molecule has 0 bridgehead atoms. The van der Waals surface area contributed by atoms with Crippen molar-refractivity contribution in [3.8, 4) is 0 Å². The van der Waals surface area contributed by atoms with Crippen LogP contribution in [-0.4, -0.2) is 34.4 Å². The summed E-state index contributed by atoms with van der Waals surface area (Å²) in [5.41, 5.74) is 1.47. The minimum Gasteiger partial charge on any atom is -0.349 e. The van der Waals surface area contributed by atoms with Gasteiger partial charge in [0.2, 0.25) is 0 Å². The molecule has 19 heavy (non-hydrogen) atoms. The predicted molar refractivity (Wildman–Crippen MR) is 73.5 cm³/mol. The number of aryl methyl sites for hydroxylation is 1. The van der Waals surface area contributed by atoms with Crippen molar-refractivity contribution < 1.29 is 4.79 Å². The molecule has 100 valence electrons. The van der Waals surface area contributed by atoms with E-state index in [0.717, 1.165) is 35.6 Å². The Kier molecular flexibility index (Phi) is 2.43. The molecule has 0 radical (unpaired) electrons. The van der Waals surface area contributed by atoms with Crippen molar-refractivity contribution in [2.75, 3.05) is 13.1 Å². The molecule has 4 rings (SSSR count). The number of hydrogen-bond acceptors (Lipinski definition) is 4. The number of fused-ring (bicyclic) bond motifs is 2. The average molecular weight is 276 g/mol. The van der Waals surface area contributed by atoms with Crippen molar-refractivity contribution in [2.24, 2.45) is 11.8 Å². The third-order valence-electron chi connectivity index (χ3n) is 4.27. The Bertz CT molecular complexity index is 646. The van der Waals surface area contributed by atoms with Gasteiger partial charge in [-0.1, -0.05) is 0 Å². The Labute approximate surface area is 115 Å². The summed E-state index contributed by atoms with van der Waals surface area (Å²) in [7, 11) is 0. The van der Waals surface area contributed by atoms with Crippen LogP contribution in [0.2, 0.25) is 0 Å². The van der Waals surface area contributed by atoms with Gasteiger partial charge in [-0.25, -0.2) is 4.98 Å². The zero-order chi connectivity index (χ0) is 13.0. The summed E-state index contributed by atoms with van der Waals surface area (Å²) in [6.45, 7) is 3.72. The van der Waals surface area contributed by atoms with Gasteiger partial charge in [-0.05, 0) is 31.7 Å². The molecule has 5 nitrogen and oxygen atoms in total. The highest BCUT2D eigenvalue weighted by atomic mass is 32.1. The van der Waals surface area contributed by atoms with Crippen LogP contribution in [0, 0.1) is 18.8 Å². The summed E-state index contributed by atoms with van der Waals surface area (Å²) >= 11 is 1.55. The molecule has 2 fully saturated rings. The van der Waals surface area contributed by atoms with Gasteiger partial charge in [0.05, 0.1) is 5.69 Å². The van der Waals surface area contributed by atoms with Gasteiger partial charge in [-0.15, -0.1) is 11.3 Å². The van der Waals surface area contributed by atoms with Crippen molar-refractivity contribution in [1.82, 2.24) is 20.0 Å². The molecule has 6 heteroatoms. The molecule has 1 saturated heterocycles. The number of rotatable bonds is 3. The van der Waals surface area contributed by atoms with E-state index in [0.29, 0.717) is 11.7 Å². The van der Waals surface area contributed by atoms with Gasteiger partial charge in [0.15, 0.2) is 4.96 Å². The molecule has 2 aromatic heterocycles. The van der Waals surface area contributed by atoms with E-state index in [-0.39, 0.29) is 5.91 Å². The standard InChI is InChI=1S/C13H16N4OS/c1-7-11(17-2-3-19-13(17)16-7)12(18)15-6-10-9-4-8(9)5-14-10/h2-3,8-10,14H,4-6H2,1H3,(H,15,18)/t8-,9-,10-/m1/s1. The summed E-state index contributed by atoms with van der Waals surface area (Å²) in [5.74, 6) is 1.63. The number of hydrogen-bond donors (Lipinski definition) is 2. The van der Waals surface area contributed by atoms with Crippen molar-refractivity contribution in [2.45, 2.75) is 19.4 Å². The van der Waals surface area contributed by atoms with Crippen LogP contribution in [0.5, 0.6) is 0 Å². The van der Waals surface area contributed by atoms with Crippen LogP contribution in [0.25, 0.3) is 4.96 Å². The average Bonchev–Trinajstić information content (AvgIpc) is 2.70. The van der Waals surface area contributed by atoms with Crippen molar-refractivity contribution in [1.29, 1.82) is 0 Å². The molecule has 1 aliphatic carbocycles. The Balaban J connectivity index is 1.50. The van der Waals surface area contributed by atoms with Gasteiger partial charge >= 0.3 is 0 Å². The van der Waals surface area contributed by atoms with E-state index in [1.807, 2.05) is 22.9 Å². The summed E-state index contributed by atoms with van der Waals surface area (Å²) < 4.78 is 1.87. The molecular weight excluding hydrogens is 260 g/mol. The minimum absolute atomic E-state index is 0.0192. The van der Waals surface area contributed by atoms with Crippen LogP contribution in [0.15, 0.2) is 11.6 Å². The molecular formula is C13H16N4OS. The molecule has 2 aromatic rings. The second kappa shape index (κ2) is 4.05. The lowest BCUT2D eigenvalue weighted by molar-refractivity contribution is 0.0943. The maximum absolute atomic E-state index is 12.3. The Morgan fingerprint density at radius 1 is 1.68 bits per heavy atom. The molecule has 1 aliphatic heterocycles. The van der Waals surface area contributed by atoms with Gasteiger partial charge in [-0.3, -0.25) is 9.20 Å². The fourth-order valence-electron chi connectivity index (χ4n) is 3.13. The van der Waals surface area contributed by atoms with E-state index >= 15 is 0 Å². The van der Waals surface area contributed by atoms with Crippen molar-refractivity contribution in [3.05, 3.63) is 23.0 Å². The Hall–Kier alpha value is -1.40. The van der Waals surface area contributed by atoms with E-state index in [4.69, 9.17) is 0 Å². The third kappa shape index (κ3) is 1.78. The number of piperidine rings is 1. The monoisotopic (exact) mass is 276 g/mol. The highest BCUT2D eigenvalue weighted by Crippen LogP contribution is 2.44. The molecule has 0 unspecified atom stereocenters. The number of nitrogens with one attached hydrogen (secondary N) is 2. The van der Waals surface area contributed by atoms with E-state index in [1.54, 1.807) is 11.3 Å². The lowest BCUT2D eigenvalue weighted by Gasteiger charge is -2.14. The number of aromatic nitrogens is 2. The first-order chi connectivity index (χ1) is 9.24. The normalized spacial score (nSPS) is 28.6. The fraction of sp³-hybridized carbons (Fsp3) is 0.538. The number of carbonyl (C=O) groups is 1. The second-order valence-corrected chi connectivity index (χ2v) is 6.36. The van der Waals surface area contributed by atoms with Gasteiger partial charge in [0, 0.05) is 24.2 Å². The van der Waals surface area contributed by atoms with Crippen LogP contribution < -0.4 is 10.6 Å². The second-order valence-electron chi connectivity index (χ2n) is 5.49. The van der Waals surface area contributed by atoms with Crippen molar-refractivity contribution in [3.63, 3.8) is 0 Å². The summed E-state index contributed by atoms with van der Waals surface area (Å²) in [6.07, 6.45) is 3.23. The SMILES string of the molecule is Cc1nc2sccn2c1C(=O)NC[C@H]1NC[C@H]2C[C@H]21. The van der Waals surface area contributed by atoms with Crippen LogP contribution in [0.4, 0.5) is 0 Å². The number of nitrogens with zero attached hydrogens (tertiary/aromatic N) is 2. The lowest BCUT2D eigenvalue weighted by Crippen LogP contribution is -2.40. The third-order valence-corrected chi connectivity index (χ3v) is 5.03. The van der Waals surface area contributed by atoms with E-state index in [2.05, 4.69) is 15.6 Å². The van der Waals surface area contributed by atoms with Crippen molar-refractivity contribution >= 4 is 22.2 Å². The molecule has 2 N–H and O–H groups in total. The molecule has 0 spiro atoms. The van der Waals surface area contributed by atoms with Crippen LogP contribution in [0.1, 0.15) is 22.6 Å². The number of imidazole rings is 1. The van der Waals surface area contributed by atoms with E-state index in [9.17, 15) is 4.79 Å². The topological polar surface area (TPSA) is 58.4 Å². The maximum atomic E-state index is 12.3.